The number of nitrogens with one attached hydrogen (secondary N) is 1. The normalized spacial score (nSPS) is 16.2. The molecule has 0 saturated carbocycles. The van der Waals surface area contributed by atoms with Crippen molar-refractivity contribution in [2.75, 3.05) is 9.80 Å². The minimum atomic E-state index is -0.689. The zero-order valence-electron chi connectivity index (χ0n) is 16.1. The van der Waals surface area contributed by atoms with Crippen LogP contribution in [0.5, 0.6) is 0 Å². The fourth-order valence-corrected chi connectivity index (χ4v) is 2.82. The summed E-state index contributed by atoms with van der Waals surface area (Å²) >= 11 is 0. The Morgan fingerprint density at radius 2 is 1.41 bits per heavy atom. The molecule has 0 atom stereocenters. The average Bonchev–Trinajstić information content (AvgIpc) is 3.13. The van der Waals surface area contributed by atoms with E-state index >= 15 is 0 Å². The molecule has 0 aliphatic carbocycles. The smallest absolute Gasteiger partial charge is 0.407 e. The van der Waals surface area contributed by atoms with Crippen molar-refractivity contribution >= 4 is 41.1 Å². The number of benzene rings is 1. The van der Waals surface area contributed by atoms with Gasteiger partial charge in [-0.15, -0.1) is 0 Å². The van der Waals surface area contributed by atoms with Gasteiger partial charge in [0.25, 0.3) is 23.6 Å². The molecule has 5 amide bonds. The number of imide groups is 2. The Morgan fingerprint density at radius 1 is 0.897 bits per heavy atom. The number of anilines is 2. The summed E-state index contributed by atoms with van der Waals surface area (Å²) in [6.45, 7) is 5.12. The van der Waals surface area contributed by atoms with Crippen LogP contribution in [0.3, 0.4) is 0 Å². The van der Waals surface area contributed by atoms with E-state index in [1.807, 2.05) is 0 Å². The molecule has 2 aliphatic heterocycles. The average molecular weight is 397 g/mol. The first-order chi connectivity index (χ1) is 13.6. The van der Waals surface area contributed by atoms with Crippen LogP contribution in [0.2, 0.25) is 0 Å². The molecule has 2 heterocycles. The number of ether oxygens (including phenoxy) is 1. The molecular weight excluding hydrogens is 378 g/mol. The van der Waals surface area contributed by atoms with Gasteiger partial charge in [0, 0.05) is 30.8 Å². The Bertz CT molecular complexity index is 950. The molecule has 0 bridgehead atoms. The van der Waals surface area contributed by atoms with Crippen molar-refractivity contribution in [1.82, 2.24) is 5.32 Å². The van der Waals surface area contributed by atoms with E-state index in [4.69, 9.17) is 4.74 Å². The first-order valence-electron chi connectivity index (χ1n) is 8.79. The van der Waals surface area contributed by atoms with Crippen LogP contribution in [0.25, 0.3) is 0 Å². The molecule has 29 heavy (non-hydrogen) atoms. The third kappa shape index (κ3) is 4.23. The van der Waals surface area contributed by atoms with Crippen molar-refractivity contribution in [3.8, 4) is 0 Å². The maximum absolute atomic E-state index is 12.2. The van der Waals surface area contributed by atoms with Gasteiger partial charge in [-0.2, -0.15) is 0 Å². The second kappa shape index (κ2) is 7.34. The second-order valence-electron chi connectivity index (χ2n) is 7.36. The minimum absolute atomic E-state index is 0.0400. The number of carbonyl (C=O) groups is 5. The first-order valence-corrected chi connectivity index (χ1v) is 8.79. The molecule has 150 valence electrons. The van der Waals surface area contributed by atoms with Gasteiger partial charge in [0.15, 0.2) is 0 Å². The molecule has 1 aromatic carbocycles. The molecule has 0 fully saturated rings. The van der Waals surface area contributed by atoms with Crippen molar-refractivity contribution < 1.29 is 28.7 Å². The summed E-state index contributed by atoms with van der Waals surface area (Å²) in [6.07, 6.45) is 3.84. The van der Waals surface area contributed by atoms with Crippen molar-refractivity contribution in [3.05, 3.63) is 48.1 Å². The van der Waals surface area contributed by atoms with Crippen LogP contribution in [0.1, 0.15) is 26.3 Å². The minimum Gasteiger partial charge on any atom is -0.444 e. The molecule has 0 saturated heterocycles. The molecule has 0 radical (unpaired) electrons. The number of hydrogen-bond donors (Lipinski definition) is 1. The number of nitrogens with zero attached hydrogens (tertiary/aromatic N) is 2. The molecule has 1 N–H and O–H groups in total. The van der Waals surface area contributed by atoms with Crippen molar-refractivity contribution in [2.24, 2.45) is 0 Å². The first kappa shape index (κ1) is 20.0. The summed E-state index contributed by atoms with van der Waals surface area (Å²) in [4.78, 5) is 62.1. The van der Waals surface area contributed by atoms with Gasteiger partial charge in [-0.05, 0) is 38.5 Å². The highest BCUT2D eigenvalue weighted by Crippen LogP contribution is 2.30. The molecule has 0 unspecified atom stereocenters. The van der Waals surface area contributed by atoms with Crippen LogP contribution in [0.15, 0.2) is 42.5 Å². The van der Waals surface area contributed by atoms with E-state index in [-0.39, 0.29) is 17.9 Å². The van der Waals surface area contributed by atoms with Crippen molar-refractivity contribution in [2.45, 2.75) is 32.9 Å². The zero-order valence-corrected chi connectivity index (χ0v) is 16.1. The van der Waals surface area contributed by atoms with Crippen LogP contribution in [0.4, 0.5) is 16.2 Å². The standard InChI is InChI=1S/C20H19N3O6/c1-20(2,3)29-19(28)21-11-12-4-5-13(22-15(24)6-7-16(22)25)10-14(12)23-17(26)8-9-18(23)27/h4-10H,11H2,1-3H3,(H,21,28). The van der Waals surface area contributed by atoms with Gasteiger partial charge in [-0.25, -0.2) is 14.6 Å². The lowest BCUT2D eigenvalue weighted by Gasteiger charge is -2.23. The van der Waals surface area contributed by atoms with E-state index in [1.54, 1.807) is 20.8 Å². The summed E-state index contributed by atoms with van der Waals surface area (Å²) in [6, 6.07) is 4.41. The van der Waals surface area contributed by atoms with E-state index < -0.39 is 35.3 Å². The lowest BCUT2D eigenvalue weighted by molar-refractivity contribution is -0.121. The SMILES string of the molecule is CC(C)(C)OC(=O)NCc1ccc(N2C(=O)C=CC2=O)cc1N1C(=O)C=CC1=O. The maximum Gasteiger partial charge on any atom is 0.407 e. The predicted molar refractivity (Wildman–Crippen MR) is 103 cm³/mol. The summed E-state index contributed by atoms with van der Waals surface area (Å²) in [5.41, 5.74) is 0.0991. The van der Waals surface area contributed by atoms with E-state index in [1.165, 1.54) is 18.2 Å². The van der Waals surface area contributed by atoms with Crippen LogP contribution >= 0.6 is 0 Å². The summed E-state index contributed by atoms with van der Waals surface area (Å²) < 4.78 is 5.18. The van der Waals surface area contributed by atoms with Crippen LogP contribution in [-0.2, 0) is 30.5 Å². The highest BCUT2D eigenvalue weighted by Gasteiger charge is 2.31. The molecule has 2 aliphatic rings. The Kier molecular flexibility index (Phi) is 5.06. The molecule has 0 spiro atoms. The highest BCUT2D eigenvalue weighted by atomic mass is 16.6. The predicted octanol–water partition coefficient (Wildman–Crippen LogP) is 1.57. The number of hydrogen-bond acceptors (Lipinski definition) is 6. The Hall–Kier alpha value is -3.75. The largest absolute Gasteiger partial charge is 0.444 e. The number of alkyl carbamates (subject to hydrolysis) is 1. The lowest BCUT2D eigenvalue weighted by atomic mass is 10.1. The summed E-state index contributed by atoms with van der Waals surface area (Å²) in [5.74, 6) is -2.19. The molecule has 0 aromatic heterocycles. The number of carbonyl (C=O) groups excluding carboxylic acids is 5. The quantitative estimate of drug-likeness (QED) is 0.772. The highest BCUT2D eigenvalue weighted by molar-refractivity contribution is 6.30. The number of rotatable bonds is 4. The third-order valence-electron chi connectivity index (χ3n) is 4.01. The fraction of sp³-hybridized carbons (Fsp3) is 0.250. The topological polar surface area (TPSA) is 113 Å². The zero-order chi connectivity index (χ0) is 21.3. The molecule has 9 nitrogen and oxygen atoms in total. The Morgan fingerprint density at radius 3 is 1.93 bits per heavy atom. The van der Waals surface area contributed by atoms with Crippen LogP contribution in [0, 0.1) is 0 Å². The van der Waals surface area contributed by atoms with Crippen molar-refractivity contribution in [1.29, 1.82) is 0 Å². The fourth-order valence-electron chi connectivity index (χ4n) is 2.82. The van der Waals surface area contributed by atoms with Gasteiger partial charge < -0.3 is 10.1 Å². The van der Waals surface area contributed by atoms with Gasteiger partial charge >= 0.3 is 6.09 Å². The Balaban J connectivity index is 1.92. The van der Waals surface area contributed by atoms with E-state index in [9.17, 15) is 24.0 Å². The Labute approximate surface area is 166 Å². The van der Waals surface area contributed by atoms with E-state index in [2.05, 4.69) is 5.32 Å². The van der Waals surface area contributed by atoms with Crippen molar-refractivity contribution in [3.63, 3.8) is 0 Å². The second-order valence-corrected chi connectivity index (χ2v) is 7.36. The van der Waals surface area contributed by atoms with Gasteiger partial charge in [-0.1, -0.05) is 6.07 Å². The van der Waals surface area contributed by atoms with Gasteiger partial charge in [0.05, 0.1) is 11.4 Å². The van der Waals surface area contributed by atoms with Gasteiger partial charge in [0.1, 0.15) is 5.60 Å². The summed E-state index contributed by atoms with van der Waals surface area (Å²) in [5, 5.41) is 2.56. The van der Waals surface area contributed by atoms with Gasteiger partial charge in [-0.3, -0.25) is 19.2 Å². The summed E-state index contributed by atoms with van der Waals surface area (Å²) in [7, 11) is 0. The third-order valence-corrected chi connectivity index (χ3v) is 4.01. The van der Waals surface area contributed by atoms with Crippen LogP contribution in [-0.4, -0.2) is 35.3 Å². The van der Waals surface area contributed by atoms with E-state index in [0.29, 0.717) is 5.56 Å². The molecular formula is C20H19N3O6. The van der Waals surface area contributed by atoms with E-state index in [0.717, 1.165) is 34.1 Å². The van der Waals surface area contributed by atoms with Gasteiger partial charge in [0.2, 0.25) is 0 Å². The molecule has 1 aromatic rings. The monoisotopic (exact) mass is 397 g/mol. The molecule has 3 rings (SSSR count). The lowest BCUT2D eigenvalue weighted by Crippen LogP contribution is -2.35. The maximum atomic E-state index is 12.2. The van der Waals surface area contributed by atoms with Crippen LogP contribution < -0.4 is 15.1 Å². The molecule has 9 heteroatoms. The number of amides is 5.